The third-order valence-electron chi connectivity index (χ3n) is 3.98. The number of carbonyl (C=O) groups excluding carboxylic acids is 1. The summed E-state index contributed by atoms with van der Waals surface area (Å²) < 4.78 is 5.51. The number of nitrogens with zero attached hydrogens (tertiary/aromatic N) is 1. The Balaban J connectivity index is 1.52. The van der Waals surface area contributed by atoms with E-state index >= 15 is 0 Å². The SMILES string of the molecule is C/C(=N\NC(=O)COc1ccc(-c2ccccc2)cc1)c1cccc(N)c1. The number of amides is 1. The number of hydrogen-bond donors (Lipinski definition) is 2. The predicted octanol–water partition coefficient (Wildman–Crippen LogP) is 3.86. The third kappa shape index (κ3) is 5.19. The van der Waals surface area contributed by atoms with Gasteiger partial charge in [-0.05, 0) is 47.9 Å². The van der Waals surface area contributed by atoms with Crippen LogP contribution >= 0.6 is 0 Å². The van der Waals surface area contributed by atoms with Crippen LogP contribution in [0.25, 0.3) is 11.1 Å². The molecule has 136 valence electrons. The normalized spacial score (nSPS) is 11.1. The number of nitrogen functional groups attached to an aromatic ring is 1. The number of rotatable bonds is 6. The van der Waals surface area contributed by atoms with Crippen LogP contribution in [0.3, 0.4) is 0 Å². The Kier molecular flexibility index (Phi) is 5.84. The van der Waals surface area contributed by atoms with Crippen LogP contribution in [0.5, 0.6) is 5.75 Å². The lowest BCUT2D eigenvalue weighted by molar-refractivity contribution is -0.123. The van der Waals surface area contributed by atoms with E-state index in [9.17, 15) is 4.79 Å². The molecule has 5 heteroatoms. The first-order chi connectivity index (χ1) is 13.1. The van der Waals surface area contributed by atoms with Crippen molar-refractivity contribution < 1.29 is 9.53 Å². The van der Waals surface area contributed by atoms with Crippen molar-refractivity contribution in [2.45, 2.75) is 6.92 Å². The van der Waals surface area contributed by atoms with Gasteiger partial charge in [0.25, 0.3) is 5.91 Å². The van der Waals surface area contributed by atoms with Crippen LogP contribution in [-0.4, -0.2) is 18.2 Å². The second-order valence-electron chi connectivity index (χ2n) is 6.04. The minimum atomic E-state index is -0.328. The molecule has 0 saturated carbocycles. The van der Waals surface area contributed by atoms with E-state index in [1.807, 2.05) is 66.7 Å². The Morgan fingerprint density at radius 1 is 0.963 bits per heavy atom. The molecule has 1 amide bonds. The molecule has 0 bridgehead atoms. The van der Waals surface area contributed by atoms with Gasteiger partial charge in [0.1, 0.15) is 5.75 Å². The number of hydrogen-bond acceptors (Lipinski definition) is 4. The first-order valence-electron chi connectivity index (χ1n) is 8.59. The summed E-state index contributed by atoms with van der Waals surface area (Å²) in [6, 6.07) is 25.0. The zero-order chi connectivity index (χ0) is 19.1. The number of carbonyl (C=O) groups is 1. The molecule has 0 heterocycles. The zero-order valence-corrected chi connectivity index (χ0v) is 15.1. The molecular weight excluding hydrogens is 338 g/mol. The van der Waals surface area contributed by atoms with Crippen LogP contribution in [0.2, 0.25) is 0 Å². The molecule has 0 fully saturated rings. The molecule has 0 aromatic heterocycles. The molecular formula is C22H21N3O2. The molecule has 0 saturated heterocycles. The molecule has 0 aliphatic carbocycles. The van der Waals surface area contributed by atoms with Crippen LogP contribution in [0.1, 0.15) is 12.5 Å². The van der Waals surface area contributed by atoms with Crippen molar-refractivity contribution in [2.24, 2.45) is 5.10 Å². The molecule has 0 aliphatic rings. The fourth-order valence-electron chi connectivity index (χ4n) is 2.53. The van der Waals surface area contributed by atoms with Gasteiger partial charge in [0.15, 0.2) is 6.61 Å². The largest absolute Gasteiger partial charge is 0.484 e. The second-order valence-corrected chi connectivity index (χ2v) is 6.04. The molecule has 5 nitrogen and oxygen atoms in total. The fraction of sp³-hybridized carbons (Fsp3) is 0.0909. The van der Waals surface area contributed by atoms with Crippen LogP contribution in [0.15, 0.2) is 84.0 Å². The lowest BCUT2D eigenvalue weighted by Gasteiger charge is -2.07. The van der Waals surface area contributed by atoms with E-state index in [2.05, 4.69) is 10.5 Å². The molecule has 3 aromatic carbocycles. The number of nitrogens with two attached hydrogens (primary N) is 1. The average Bonchev–Trinajstić information content (AvgIpc) is 2.71. The molecule has 0 spiro atoms. The van der Waals surface area contributed by atoms with Gasteiger partial charge >= 0.3 is 0 Å². The lowest BCUT2D eigenvalue weighted by atomic mass is 10.1. The van der Waals surface area contributed by atoms with Crippen LogP contribution < -0.4 is 15.9 Å². The van der Waals surface area contributed by atoms with Crippen molar-refractivity contribution in [3.05, 3.63) is 84.4 Å². The molecule has 27 heavy (non-hydrogen) atoms. The Hall–Kier alpha value is -3.60. The van der Waals surface area contributed by atoms with Crippen molar-refractivity contribution in [1.82, 2.24) is 5.43 Å². The van der Waals surface area contributed by atoms with Crippen molar-refractivity contribution in [3.8, 4) is 16.9 Å². The monoisotopic (exact) mass is 359 g/mol. The van der Waals surface area contributed by atoms with Crippen LogP contribution in [0, 0.1) is 0 Å². The van der Waals surface area contributed by atoms with Gasteiger partial charge in [-0.3, -0.25) is 4.79 Å². The molecule has 3 aromatic rings. The van der Waals surface area contributed by atoms with Gasteiger partial charge in [0, 0.05) is 5.69 Å². The number of anilines is 1. The van der Waals surface area contributed by atoms with Gasteiger partial charge in [-0.2, -0.15) is 5.10 Å². The van der Waals surface area contributed by atoms with Gasteiger partial charge in [0.05, 0.1) is 5.71 Å². The minimum Gasteiger partial charge on any atom is -0.484 e. The summed E-state index contributed by atoms with van der Waals surface area (Å²) in [6.45, 7) is 1.69. The molecule has 0 radical (unpaired) electrons. The van der Waals surface area contributed by atoms with E-state index < -0.39 is 0 Å². The summed E-state index contributed by atoms with van der Waals surface area (Å²) in [7, 11) is 0. The minimum absolute atomic E-state index is 0.113. The Labute approximate surface area is 158 Å². The first-order valence-corrected chi connectivity index (χ1v) is 8.59. The first kappa shape index (κ1) is 18.2. The Morgan fingerprint density at radius 3 is 2.37 bits per heavy atom. The van der Waals surface area contributed by atoms with Crippen LogP contribution in [-0.2, 0) is 4.79 Å². The topological polar surface area (TPSA) is 76.7 Å². The van der Waals surface area contributed by atoms with Gasteiger partial charge in [-0.15, -0.1) is 0 Å². The van der Waals surface area contributed by atoms with E-state index in [4.69, 9.17) is 10.5 Å². The van der Waals surface area contributed by atoms with E-state index in [0.29, 0.717) is 17.1 Å². The van der Waals surface area contributed by atoms with E-state index in [0.717, 1.165) is 16.7 Å². The highest BCUT2D eigenvalue weighted by molar-refractivity contribution is 5.99. The summed E-state index contributed by atoms with van der Waals surface area (Å²) in [5.74, 6) is 0.298. The molecule has 3 rings (SSSR count). The second kappa shape index (κ2) is 8.67. The van der Waals surface area contributed by atoms with Gasteiger partial charge < -0.3 is 10.5 Å². The Bertz CT molecular complexity index is 935. The average molecular weight is 359 g/mol. The van der Waals surface area contributed by atoms with E-state index in [-0.39, 0.29) is 12.5 Å². The summed E-state index contributed by atoms with van der Waals surface area (Å²) in [4.78, 5) is 11.9. The molecule has 3 N–H and O–H groups in total. The van der Waals surface area contributed by atoms with E-state index in [1.165, 1.54) is 0 Å². The van der Waals surface area contributed by atoms with E-state index in [1.54, 1.807) is 19.1 Å². The number of hydrazone groups is 1. The van der Waals surface area contributed by atoms with Crippen molar-refractivity contribution >= 4 is 17.3 Å². The fourth-order valence-corrected chi connectivity index (χ4v) is 2.53. The highest BCUT2D eigenvalue weighted by atomic mass is 16.5. The van der Waals surface area contributed by atoms with Crippen molar-refractivity contribution in [3.63, 3.8) is 0 Å². The standard InChI is InChI=1S/C22H21N3O2/c1-16(19-8-5-9-20(23)14-19)24-25-22(26)15-27-21-12-10-18(11-13-21)17-6-3-2-4-7-17/h2-14H,15,23H2,1H3,(H,25,26)/b24-16+. The molecule has 0 unspecified atom stereocenters. The Morgan fingerprint density at radius 2 is 1.67 bits per heavy atom. The molecule has 0 atom stereocenters. The third-order valence-corrected chi connectivity index (χ3v) is 3.98. The lowest BCUT2D eigenvalue weighted by Crippen LogP contribution is -2.25. The number of benzene rings is 3. The summed E-state index contributed by atoms with van der Waals surface area (Å²) in [6.07, 6.45) is 0. The van der Waals surface area contributed by atoms with Crippen molar-refractivity contribution in [2.75, 3.05) is 12.3 Å². The maximum Gasteiger partial charge on any atom is 0.277 e. The van der Waals surface area contributed by atoms with Gasteiger partial charge in [-0.25, -0.2) is 5.43 Å². The zero-order valence-electron chi connectivity index (χ0n) is 15.1. The summed E-state index contributed by atoms with van der Waals surface area (Å²) in [5, 5.41) is 4.08. The number of ether oxygens (including phenoxy) is 1. The summed E-state index contributed by atoms with van der Waals surface area (Å²) in [5.41, 5.74) is 12.6. The van der Waals surface area contributed by atoms with Gasteiger partial charge in [-0.1, -0.05) is 54.6 Å². The number of nitrogens with one attached hydrogen (secondary N) is 1. The summed E-state index contributed by atoms with van der Waals surface area (Å²) >= 11 is 0. The highest BCUT2D eigenvalue weighted by Crippen LogP contribution is 2.21. The maximum absolute atomic E-state index is 11.9. The van der Waals surface area contributed by atoms with Gasteiger partial charge in [0.2, 0.25) is 0 Å². The smallest absolute Gasteiger partial charge is 0.277 e. The highest BCUT2D eigenvalue weighted by Gasteiger charge is 2.04. The molecule has 0 aliphatic heterocycles. The predicted molar refractivity (Wildman–Crippen MR) is 109 cm³/mol. The maximum atomic E-state index is 11.9. The van der Waals surface area contributed by atoms with Crippen molar-refractivity contribution in [1.29, 1.82) is 0 Å². The van der Waals surface area contributed by atoms with Crippen LogP contribution in [0.4, 0.5) is 5.69 Å². The quantitative estimate of drug-likeness (QED) is 0.399.